The van der Waals surface area contributed by atoms with Crippen LogP contribution in [-0.4, -0.2) is 29.3 Å². The first-order valence-electron chi connectivity index (χ1n) is 7.88. The van der Waals surface area contributed by atoms with E-state index in [1.807, 2.05) is 10.4 Å². The van der Waals surface area contributed by atoms with Gasteiger partial charge in [-0.2, -0.15) is 13.2 Å². The second kappa shape index (κ2) is 9.12. The molecule has 0 aromatic heterocycles. The van der Waals surface area contributed by atoms with Crippen LogP contribution >= 0.6 is 11.9 Å². The maximum absolute atomic E-state index is 13.2. The monoisotopic (exact) mass is 374 g/mol. The number of nitrogens with one attached hydrogen (secondary N) is 2. The van der Waals surface area contributed by atoms with Crippen molar-refractivity contribution < 1.29 is 18.0 Å². The summed E-state index contributed by atoms with van der Waals surface area (Å²) in [4.78, 5) is 10.8. The molecule has 5 nitrogen and oxygen atoms in total. The molecule has 1 fully saturated rings. The first-order chi connectivity index (χ1) is 12.0. The van der Waals surface area contributed by atoms with Gasteiger partial charge in [-0.05, 0) is 43.3 Å². The Morgan fingerprint density at radius 3 is 2.68 bits per heavy atom. The summed E-state index contributed by atoms with van der Waals surface area (Å²) in [6, 6.07) is 5.58. The van der Waals surface area contributed by atoms with E-state index in [2.05, 4.69) is 10.7 Å². The lowest BCUT2D eigenvalue weighted by Gasteiger charge is -2.29. The number of hydrogen-bond acceptors (Lipinski definition) is 5. The predicted octanol–water partition coefficient (Wildman–Crippen LogP) is 2.66. The number of rotatable bonds is 8. The summed E-state index contributed by atoms with van der Waals surface area (Å²) in [5.41, 5.74) is 1.77. The Balaban J connectivity index is 2.21. The van der Waals surface area contributed by atoms with E-state index in [0.717, 1.165) is 30.9 Å². The number of carbonyl (C=O) groups is 1. The van der Waals surface area contributed by atoms with Crippen LogP contribution in [0.5, 0.6) is 0 Å². The first-order valence-corrected chi connectivity index (χ1v) is 8.65. The number of halogens is 3. The molecule has 138 valence electrons. The Hall–Kier alpha value is -1.71. The van der Waals surface area contributed by atoms with E-state index in [4.69, 9.17) is 5.84 Å². The molecule has 0 radical (unpaired) electrons. The maximum Gasteiger partial charge on any atom is 0.417 e. The number of carbonyl (C=O) groups excluding carboxylic acids is 1. The Labute approximate surface area is 148 Å². The molecule has 1 saturated heterocycles. The fraction of sp³-hybridized carbons (Fsp3) is 0.438. The first kappa shape index (κ1) is 19.6. The van der Waals surface area contributed by atoms with Crippen molar-refractivity contribution >= 4 is 18.4 Å². The Morgan fingerprint density at radius 1 is 1.28 bits per heavy atom. The van der Waals surface area contributed by atoms with Gasteiger partial charge in [0.15, 0.2) is 0 Å². The highest BCUT2D eigenvalue weighted by Crippen LogP contribution is 2.42. The zero-order chi connectivity index (χ0) is 18.3. The van der Waals surface area contributed by atoms with E-state index in [0.29, 0.717) is 19.4 Å². The normalized spacial score (nSPS) is 21.6. The van der Waals surface area contributed by atoms with E-state index >= 15 is 0 Å². The third-order valence-corrected chi connectivity index (χ3v) is 5.37. The van der Waals surface area contributed by atoms with Crippen molar-refractivity contribution in [1.29, 1.82) is 0 Å². The van der Waals surface area contributed by atoms with Gasteiger partial charge in [-0.15, -0.1) is 0 Å². The van der Waals surface area contributed by atoms with E-state index in [9.17, 15) is 18.0 Å². The van der Waals surface area contributed by atoms with E-state index in [-0.39, 0.29) is 17.0 Å². The van der Waals surface area contributed by atoms with Gasteiger partial charge in [-0.1, -0.05) is 18.2 Å². The van der Waals surface area contributed by atoms with E-state index in [1.54, 1.807) is 12.3 Å². The number of benzene rings is 1. The molecule has 9 heteroatoms. The highest BCUT2D eigenvalue weighted by atomic mass is 32.2. The molecule has 1 amide bonds. The molecule has 2 rings (SSSR count). The van der Waals surface area contributed by atoms with Gasteiger partial charge in [-0.3, -0.25) is 10.6 Å². The van der Waals surface area contributed by atoms with Gasteiger partial charge >= 0.3 is 6.18 Å². The molecule has 25 heavy (non-hydrogen) atoms. The van der Waals surface area contributed by atoms with Gasteiger partial charge in [0.1, 0.15) is 0 Å². The molecule has 1 heterocycles. The number of nitrogens with two attached hydrogens (primary N) is 1. The fourth-order valence-corrected chi connectivity index (χ4v) is 4.19. The average molecular weight is 374 g/mol. The van der Waals surface area contributed by atoms with Gasteiger partial charge in [0.2, 0.25) is 6.41 Å². The molecule has 2 unspecified atom stereocenters. The number of hydrogen-bond donors (Lipinski definition) is 3. The number of hydrazine groups is 1. The van der Waals surface area contributed by atoms with Crippen LogP contribution < -0.4 is 16.6 Å². The summed E-state index contributed by atoms with van der Waals surface area (Å²) in [6.45, 7) is 0.403. The van der Waals surface area contributed by atoms with Gasteiger partial charge < -0.3 is 10.7 Å². The third-order valence-electron chi connectivity index (χ3n) is 4.01. The predicted molar refractivity (Wildman–Crippen MR) is 91.1 cm³/mol. The van der Waals surface area contributed by atoms with E-state index in [1.165, 1.54) is 12.1 Å². The lowest BCUT2D eigenvalue weighted by atomic mass is 10.1. The van der Waals surface area contributed by atoms with Crippen LogP contribution in [0, 0.1) is 0 Å². The number of amides is 1. The van der Waals surface area contributed by atoms with Crippen molar-refractivity contribution in [3.05, 3.63) is 42.1 Å². The molecule has 0 spiro atoms. The molecule has 1 aliphatic heterocycles. The van der Waals surface area contributed by atoms with E-state index < -0.39 is 11.7 Å². The van der Waals surface area contributed by atoms with Crippen LogP contribution in [0.3, 0.4) is 0 Å². The fourth-order valence-electron chi connectivity index (χ4n) is 2.87. The molecular weight excluding hydrogens is 353 g/mol. The molecule has 1 aromatic carbocycles. The summed E-state index contributed by atoms with van der Waals surface area (Å²) in [5.74, 6) is 5.20. The summed E-state index contributed by atoms with van der Waals surface area (Å²) < 4.78 is 41.7. The highest BCUT2D eigenvalue weighted by Gasteiger charge is 2.37. The van der Waals surface area contributed by atoms with Crippen molar-refractivity contribution in [2.75, 3.05) is 6.54 Å². The third kappa shape index (κ3) is 5.38. The minimum Gasteiger partial charge on any atom is -0.357 e. The SMILES string of the molecule is NN/C=C/CC1CCC(CNC=O)N1Sc1ccccc1C(F)(F)F. The Bertz CT molecular complexity index is 597. The Kier molecular flexibility index (Phi) is 7.15. The van der Waals surface area contributed by atoms with Crippen molar-refractivity contribution in [3.8, 4) is 0 Å². The second-order valence-corrected chi connectivity index (χ2v) is 6.70. The molecule has 1 aliphatic rings. The topological polar surface area (TPSA) is 70.4 Å². The number of nitrogens with zero attached hydrogens (tertiary/aromatic N) is 1. The summed E-state index contributed by atoms with van der Waals surface area (Å²) in [7, 11) is 0. The summed E-state index contributed by atoms with van der Waals surface area (Å²) in [5, 5.41) is 2.63. The molecule has 4 N–H and O–H groups in total. The van der Waals surface area contributed by atoms with Gasteiger partial charge in [0.25, 0.3) is 0 Å². The zero-order valence-electron chi connectivity index (χ0n) is 13.5. The summed E-state index contributed by atoms with van der Waals surface area (Å²) >= 11 is 1.10. The molecule has 2 atom stereocenters. The van der Waals surface area contributed by atoms with Gasteiger partial charge in [0.05, 0.1) is 5.56 Å². The zero-order valence-corrected chi connectivity index (χ0v) is 14.3. The minimum atomic E-state index is -4.40. The Morgan fingerprint density at radius 2 is 2.00 bits per heavy atom. The smallest absolute Gasteiger partial charge is 0.357 e. The van der Waals surface area contributed by atoms with Crippen LogP contribution in [0.2, 0.25) is 0 Å². The van der Waals surface area contributed by atoms with Crippen molar-refractivity contribution in [3.63, 3.8) is 0 Å². The largest absolute Gasteiger partial charge is 0.417 e. The maximum atomic E-state index is 13.2. The van der Waals surface area contributed by atoms with Crippen molar-refractivity contribution in [2.45, 2.75) is 42.4 Å². The standard InChI is InChI=1S/C16H21F3N4OS/c17-16(18,19)14-5-1-2-6-15(14)25-23-12(4-3-9-22-20)7-8-13(23)10-21-11-24/h1-3,5-6,9,11-13,22H,4,7-8,10,20H2,(H,21,24)/b9-3+. The molecule has 0 bridgehead atoms. The van der Waals surface area contributed by atoms with Crippen LogP contribution in [0.1, 0.15) is 24.8 Å². The van der Waals surface area contributed by atoms with Crippen LogP contribution in [0.25, 0.3) is 0 Å². The van der Waals surface area contributed by atoms with Crippen molar-refractivity contribution in [1.82, 2.24) is 15.0 Å². The molecule has 1 aromatic rings. The summed E-state index contributed by atoms with van der Waals surface area (Å²) in [6.07, 6.45) is 1.95. The molecule has 0 saturated carbocycles. The van der Waals surface area contributed by atoms with Gasteiger partial charge in [-0.25, -0.2) is 4.31 Å². The highest BCUT2D eigenvalue weighted by molar-refractivity contribution is 7.97. The van der Waals surface area contributed by atoms with Crippen LogP contribution in [-0.2, 0) is 11.0 Å². The minimum absolute atomic E-state index is 0.0271. The molecular formula is C16H21F3N4OS. The molecule has 0 aliphatic carbocycles. The van der Waals surface area contributed by atoms with Crippen molar-refractivity contribution in [2.24, 2.45) is 5.84 Å². The lowest BCUT2D eigenvalue weighted by molar-refractivity contribution is -0.139. The average Bonchev–Trinajstić information content (AvgIpc) is 2.95. The second-order valence-electron chi connectivity index (χ2n) is 5.66. The van der Waals surface area contributed by atoms with Gasteiger partial charge in [0, 0.05) is 29.7 Å². The van der Waals surface area contributed by atoms with Crippen LogP contribution in [0.4, 0.5) is 13.2 Å². The number of alkyl halides is 3. The quantitative estimate of drug-likeness (QED) is 0.282. The lowest BCUT2D eigenvalue weighted by Crippen LogP contribution is -2.37. The van der Waals surface area contributed by atoms with Crippen LogP contribution in [0.15, 0.2) is 41.4 Å².